The van der Waals surface area contributed by atoms with Gasteiger partial charge in [0.2, 0.25) is 5.91 Å². The number of rotatable bonds is 45. The first-order chi connectivity index (χ1) is 30.5. The molecule has 6 N–H and O–H groups in total. The van der Waals surface area contributed by atoms with Crippen LogP contribution in [-0.2, 0) is 28.9 Å². The summed E-state index contributed by atoms with van der Waals surface area (Å²) in [7, 11) is -5.08. The summed E-state index contributed by atoms with van der Waals surface area (Å²) in [4.78, 5) is 13.0. The fourth-order valence-electron chi connectivity index (χ4n) is 8.51. The van der Waals surface area contributed by atoms with Crippen LogP contribution in [0.15, 0.2) is 12.2 Å². The molecule has 0 aromatic heterocycles. The second-order valence-electron chi connectivity index (χ2n) is 18.5. The molecule has 0 aliphatic carbocycles. The molecule has 1 heterocycles. The Bertz CT molecular complexity index is 1180. The molecular weight excluding hydrogens is 823 g/mol. The van der Waals surface area contributed by atoms with Crippen molar-refractivity contribution in [3.05, 3.63) is 12.2 Å². The molecule has 0 bridgehead atoms. The SMILES string of the molecule is CCCCCCCC/C=C\CCCCCC(=O)NC(COC1OC(CO)C(O)C(OS(=O)(=O)O)C1O)C(O)CCCCCCCCCCCCCCCCCCCCCCCCC. The monoisotopic (exact) mass is 920 g/mol. The van der Waals surface area contributed by atoms with E-state index in [1.165, 1.54) is 161 Å². The predicted molar refractivity (Wildman–Crippen MR) is 255 cm³/mol. The van der Waals surface area contributed by atoms with Gasteiger partial charge in [-0.3, -0.25) is 9.35 Å². The number of amides is 1. The molecule has 7 atom stereocenters. The molecule has 0 saturated carbocycles. The number of nitrogens with one attached hydrogen (secondary N) is 1. The van der Waals surface area contributed by atoms with Crippen molar-refractivity contribution in [1.82, 2.24) is 5.32 Å². The highest BCUT2D eigenvalue weighted by Gasteiger charge is 2.48. The largest absolute Gasteiger partial charge is 0.397 e. The Labute approximate surface area is 385 Å². The summed E-state index contributed by atoms with van der Waals surface area (Å²) in [6, 6.07) is -0.863. The highest BCUT2D eigenvalue weighted by atomic mass is 32.3. The smallest absolute Gasteiger partial charge is 0.394 e. The van der Waals surface area contributed by atoms with Crippen LogP contribution in [-0.4, -0.2) is 95.4 Å². The fraction of sp³-hybridized carbons (Fsp3) is 0.940. The lowest BCUT2D eigenvalue weighted by atomic mass is 9.99. The standard InChI is InChI=1S/C50H97NO11S/c1-3-5-7-9-11-13-15-17-18-19-20-21-22-23-24-25-26-28-29-31-33-35-37-39-44(53)43(42-60-50-48(56)49(62-63(57,58)59)47(55)45(41-52)61-50)51-46(54)40-38-36-34-32-30-27-16-14-12-10-8-6-4-2/h27,30,43-45,47-50,52-53,55-56H,3-26,28-29,31-42H2,1-2H3,(H,51,54)(H,57,58,59)/b30-27-. The summed E-state index contributed by atoms with van der Waals surface area (Å²) < 4.78 is 47.7. The predicted octanol–water partition coefficient (Wildman–Crippen LogP) is 11.1. The van der Waals surface area contributed by atoms with E-state index in [1.54, 1.807) is 0 Å². The molecule has 13 heteroatoms. The highest BCUT2D eigenvalue weighted by molar-refractivity contribution is 7.80. The molecule has 1 amide bonds. The quantitative estimate of drug-likeness (QED) is 0.0193. The number of carbonyl (C=O) groups is 1. The van der Waals surface area contributed by atoms with Gasteiger partial charge in [0.05, 0.1) is 25.4 Å². The van der Waals surface area contributed by atoms with E-state index in [2.05, 4.69) is 35.5 Å². The van der Waals surface area contributed by atoms with Gasteiger partial charge in [0.25, 0.3) is 0 Å². The molecule has 374 valence electrons. The maximum atomic E-state index is 13.0. The molecule has 7 unspecified atom stereocenters. The zero-order chi connectivity index (χ0) is 46.2. The number of carbonyl (C=O) groups excluding carboxylic acids is 1. The van der Waals surface area contributed by atoms with Crippen molar-refractivity contribution >= 4 is 16.3 Å². The van der Waals surface area contributed by atoms with Crippen LogP contribution in [0.2, 0.25) is 0 Å². The molecule has 0 aromatic carbocycles. The number of hydrogen-bond donors (Lipinski definition) is 6. The van der Waals surface area contributed by atoms with Gasteiger partial charge in [-0.25, -0.2) is 4.18 Å². The van der Waals surface area contributed by atoms with E-state index in [-0.39, 0.29) is 18.9 Å². The zero-order valence-electron chi connectivity index (χ0n) is 40.2. The zero-order valence-corrected chi connectivity index (χ0v) is 41.0. The minimum atomic E-state index is -5.08. The van der Waals surface area contributed by atoms with E-state index in [1.807, 2.05) is 0 Å². The molecule has 1 aliphatic heterocycles. The van der Waals surface area contributed by atoms with E-state index in [0.717, 1.165) is 51.4 Å². The van der Waals surface area contributed by atoms with E-state index >= 15 is 0 Å². The van der Waals surface area contributed by atoms with Gasteiger partial charge < -0.3 is 35.2 Å². The average Bonchev–Trinajstić information content (AvgIpc) is 3.25. The van der Waals surface area contributed by atoms with Crippen LogP contribution in [0.3, 0.4) is 0 Å². The Balaban J connectivity index is 2.39. The number of hydrogen-bond acceptors (Lipinski definition) is 10. The first-order valence-corrected chi connectivity index (χ1v) is 27.4. The molecule has 0 aromatic rings. The number of allylic oxidation sites excluding steroid dienone is 2. The first kappa shape index (κ1) is 59.9. The second-order valence-corrected chi connectivity index (χ2v) is 19.5. The summed E-state index contributed by atoms with van der Waals surface area (Å²) in [5.41, 5.74) is 0. The van der Waals surface area contributed by atoms with Crippen LogP contribution in [0.5, 0.6) is 0 Å². The van der Waals surface area contributed by atoms with Crippen LogP contribution < -0.4 is 5.32 Å². The third-order valence-electron chi connectivity index (χ3n) is 12.6. The molecule has 1 aliphatic rings. The number of unbranched alkanes of at least 4 members (excludes halogenated alkanes) is 31. The van der Waals surface area contributed by atoms with Crippen LogP contribution in [0, 0.1) is 0 Å². The Morgan fingerprint density at radius 2 is 1.02 bits per heavy atom. The first-order valence-electron chi connectivity index (χ1n) is 26.1. The minimum absolute atomic E-state index is 0.244. The van der Waals surface area contributed by atoms with Crippen LogP contribution >= 0.6 is 0 Å². The highest BCUT2D eigenvalue weighted by Crippen LogP contribution is 2.26. The maximum Gasteiger partial charge on any atom is 0.397 e. The van der Waals surface area contributed by atoms with Gasteiger partial charge >= 0.3 is 10.4 Å². The Morgan fingerprint density at radius 1 is 0.619 bits per heavy atom. The molecule has 1 saturated heterocycles. The third-order valence-corrected chi connectivity index (χ3v) is 13.0. The molecular formula is C50H97NO11S. The molecule has 1 fully saturated rings. The molecule has 63 heavy (non-hydrogen) atoms. The lowest BCUT2D eigenvalue weighted by molar-refractivity contribution is -0.298. The van der Waals surface area contributed by atoms with E-state index < -0.39 is 59.9 Å². The lowest BCUT2D eigenvalue weighted by Crippen LogP contribution is -2.61. The summed E-state index contributed by atoms with van der Waals surface area (Å²) in [5, 5.41) is 44.9. The van der Waals surface area contributed by atoms with Gasteiger partial charge in [-0.1, -0.05) is 212 Å². The maximum absolute atomic E-state index is 13.0. The summed E-state index contributed by atoms with van der Waals surface area (Å²) in [5.74, 6) is -0.244. The second kappa shape index (κ2) is 41.1. The fourth-order valence-corrected chi connectivity index (χ4v) is 9.02. The topological polar surface area (TPSA) is 192 Å². The van der Waals surface area contributed by atoms with Crippen molar-refractivity contribution in [1.29, 1.82) is 0 Å². The van der Waals surface area contributed by atoms with Crippen molar-refractivity contribution in [3.8, 4) is 0 Å². The van der Waals surface area contributed by atoms with E-state index in [4.69, 9.17) is 9.47 Å². The van der Waals surface area contributed by atoms with Gasteiger partial charge in [-0.2, -0.15) is 8.42 Å². The Kier molecular flexibility index (Phi) is 39.0. The third kappa shape index (κ3) is 33.9. The van der Waals surface area contributed by atoms with E-state index in [0.29, 0.717) is 12.8 Å². The number of aliphatic hydroxyl groups excluding tert-OH is 4. The molecule has 12 nitrogen and oxygen atoms in total. The number of aliphatic hydroxyl groups is 4. The van der Waals surface area contributed by atoms with Crippen LogP contribution in [0.4, 0.5) is 0 Å². The van der Waals surface area contributed by atoms with Gasteiger partial charge in [0, 0.05) is 6.42 Å². The Morgan fingerprint density at radius 3 is 1.43 bits per heavy atom. The van der Waals surface area contributed by atoms with E-state index in [9.17, 15) is 38.2 Å². The normalized spacial score (nSPS) is 20.4. The lowest BCUT2D eigenvalue weighted by Gasteiger charge is -2.41. The van der Waals surface area contributed by atoms with Gasteiger partial charge in [0.1, 0.15) is 24.4 Å². The van der Waals surface area contributed by atoms with Gasteiger partial charge in [0.15, 0.2) is 6.29 Å². The number of ether oxygens (including phenoxy) is 2. The van der Waals surface area contributed by atoms with Crippen molar-refractivity contribution in [3.63, 3.8) is 0 Å². The minimum Gasteiger partial charge on any atom is -0.394 e. The van der Waals surface area contributed by atoms with Crippen molar-refractivity contribution in [2.45, 2.75) is 288 Å². The summed E-state index contributed by atoms with van der Waals surface area (Å²) in [6.45, 7) is 3.45. The molecule has 0 spiro atoms. The van der Waals surface area contributed by atoms with Crippen molar-refractivity contribution in [2.75, 3.05) is 13.2 Å². The van der Waals surface area contributed by atoms with Gasteiger partial charge in [-0.15, -0.1) is 0 Å². The summed E-state index contributed by atoms with van der Waals surface area (Å²) >= 11 is 0. The van der Waals surface area contributed by atoms with Gasteiger partial charge in [-0.05, 0) is 38.5 Å². The van der Waals surface area contributed by atoms with Crippen LogP contribution in [0.1, 0.15) is 245 Å². The Hall–Kier alpha value is -1.16. The molecule has 0 radical (unpaired) electrons. The average molecular weight is 920 g/mol. The molecule has 1 rings (SSSR count). The summed E-state index contributed by atoms with van der Waals surface area (Å²) in [6.07, 6.45) is 37.9. The van der Waals surface area contributed by atoms with Crippen molar-refractivity contribution in [2.24, 2.45) is 0 Å². The van der Waals surface area contributed by atoms with Crippen LogP contribution in [0.25, 0.3) is 0 Å². The van der Waals surface area contributed by atoms with Crippen molar-refractivity contribution < 1.29 is 51.8 Å².